The maximum Gasteiger partial charge on any atom is 0.416 e. The van der Waals surface area contributed by atoms with E-state index >= 15 is 0 Å². The number of amides is 3. The Labute approximate surface area is 232 Å². The number of benzene rings is 1. The Hall–Kier alpha value is -4.13. The highest BCUT2D eigenvalue weighted by atomic mass is 19.4. The van der Waals surface area contributed by atoms with Crippen molar-refractivity contribution in [3.63, 3.8) is 0 Å². The standard InChI is InChI=1S/C23H24F6N8O5/c24-22(25,26)10-3-9(4-11(6-10)23(27,28)29)5-14(38)33-13-8-37-19(31)32-12(7-36-15(39)1-2-16(36)40)17-20(37,21(13,41)42)35-18(30)34-17/h3-4,6,12-13,17,41-42H,1-2,5,7-8H2,(H2,31,32)(H,33,38)(H3,30,34,35)/t12-,13-,17?,20+/m0/s1. The van der Waals surface area contributed by atoms with Gasteiger partial charge in [0.05, 0.1) is 30.1 Å². The van der Waals surface area contributed by atoms with Gasteiger partial charge < -0.3 is 37.2 Å². The van der Waals surface area contributed by atoms with Gasteiger partial charge in [0, 0.05) is 19.4 Å². The number of hydrogen-bond acceptors (Lipinski definition) is 11. The molecule has 13 nitrogen and oxygen atoms in total. The molecule has 4 heterocycles. The molecule has 2 saturated heterocycles. The van der Waals surface area contributed by atoms with E-state index in [1.807, 2.05) is 0 Å². The lowest BCUT2D eigenvalue weighted by Crippen LogP contribution is -2.78. The second kappa shape index (κ2) is 9.45. The Kier molecular flexibility index (Phi) is 6.60. The van der Waals surface area contributed by atoms with Crippen molar-refractivity contribution in [1.29, 1.82) is 0 Å². The van der Waals surface area contributed by atoms with E-state index in [4.69, 9.17) is 11.5 Å². The number of nitrogens with two attached hydrogens (primary N) is 2. The Morgan fingerprint density at radius 3 is 2.14 bits per heavy atom. The summed E-state index contributed by atoms with van der Waals surface area (Å²) in [7, 11) is 0. The molecular weight excluding hydrogens is 582 g/mol. The fourth-order valence-corrected chi connectivity index (χ4v) is 5.80. The van der Waals surface area contributed by atoms with Crippen molar-refractivity contribution >= 4 is 29.6 Å². The van der Waals surface area contributed by atoms with Crippen molar-refractivity contribution in [3.05, 3.63) is 34.9 Å². The molecule has 1 unspecified atom stereocenters. The largest absolute Gasteiger partial charge is 0.416 e. The maximum atomic E-state index is 13.2. The van der Waals surface area contributed by atoms with E-state index in [-0.39, 0.29) is 37.4 Å². The van der Waals surface area contributed by atoms with E-state index in [0.29, 0.717) is 12.1 Å². The third-order valence-corrected chi connectivity index (χ3v) is 7.67. The summed E-state index contributed by atoms with van der Waals surface area (Å²) in [6, 6.07) is -3.32. The number of hydrogen-bond donors (Lipinski definition) is 6. The van der Waals surface area contributed by atoms with Crippen molar-refractivity contribution in [3.8, 4) is 0 Å². The Morgan fingerprint density at radius 2 is 1.60 bits per heavy atom. The summed E-state index contributed by atoms with van der Waals surface area (Å²) in [4.78, 5) is 47.8. The van der Waals surface area contributed by atoms with Crippen LogP contribution >= 0.6 is 0 Å². The lowest BCUT2D eigenvalue weighted by atomic mass is 9.84. The van der Waals surface area contributed by atoms with E-state index in [0.717, 1.165) is 9.80 Å². The SMILES string of the molecule is NC1=NC2[C@H](CN3C(=O)CCC3=O)N=C(N)N3C[C@H](NC(=O)Cc4cc(C(F)(F)F)cc(C(F)(F)F)c4)C(O)(O)[C@@]23N1. The van der Waals surface area contributed by atoms with Crippen LogP contribution in [0.4, 0.5) is 26.3 Å². The highest BCUT2D eigenvalue weighted by Gasteiger charge is 2.73. The molecule has 228 valence electrons. The topological polar surface area (TPSA) is 199 Å². The summed E-state index contributed by atoms with van der Waals surface area (Å²) < 4.78 is 79.4. The number of aliphatic hydroxyl groups is 2. The molecule has 4 aliphatic rings. The minimum absolute atomic E-state index is 0.0231. The van der Waals surface area contributed by atoms with Crippen LogP contribution in [0.15, 0.2) is 28.2 Å². The number of carbonyl (C=O) groups is 3. The van der Waals surface area contributed by atoms with Crippen molar-refractivity contribution in [1.82, 2.24) is 20.4 Å². The predicted molar refractivity (Wildman–Crippen MR) is 129 cm³/mol. The fraction of sp³-hybridized carbons (Fsp3) is 0.522. The number of nitrogens with zero attached hydrogens (tertiary/aromatic N) is 4. The minimum atomic E-state index is -5.13. The van der Waals surface area contributed by atoms with Crippen LogP contribution in [0.5, 0.6) is 0 Å². The molecular formula is C23H24F6N8O5. The van der Waals surface area contributed by atoms with Gasteiger partial charge in [0.2, 0.25) is 23.5 Å². The van der Waals surface area contributed by atoms with Crippen molar-refractivity contribution < 1.29 is 50.9 Å². The van der Waals surface area contributed by atoms with Gasteiger partial charge in [0.25, 0.3) is 0 Å². The van der Waals surface area contributed by atoms with Gasteiger partial charge in [-0.2, -0.15) is 26.3 Å². The summed E-state index contributed by atoms with van der Waals surface area (Å²) in [6.07, 6.45) is -11.3. The third-order valence-electron chi connectivity index (χ3n) is 7.67. The number of imide groups is 1. The molecule has 0 radical (unpaired) electrons. The molecule has 3 amide bonds. The van der Waals surface area contributed by atoms with E-state index < -0.39 is 89.3 Å². The zero-order valence-electron chi connectivity index (χ0n) is 21.3. The first-order valence-corrected chi connectivity index (χ1v) is 12.4. The zero-order chi connectivity index (χ0) is 31.0. The van der Waals surface area contributed by atoms with Crippen LogP contribution in [0.1, 0.15) is 29.5 Å². The van der Waals surface area contributed by atoms with E-state index in [2.05, 4.69) is 20.6 Å². The molecule has 1 spiro atoms. The second-order valence-electron chi connectivity index (χ2n) is 10.4. The van der Waals surface area contributed by atoms with Gasteiger partial charge in [-0.1, -0.05) is 0 Å². The van der Waals surface area contributed by atoms with Gasteiger partial charge in [0.1, 0.15) is 12.1 Å². The van der Waals surface area contributed by atoms with E-state index in [1.165, 1.54) is 0 Å². The monoisotopic (exact) mass is 606 g/mol. The number of nitrogens with one attached hydrogen (secondary N) is 2. The molecule has 5 rings (SSSR count). The summed E-state index contributed by atoms with van der Waals surface area (Å²) in [5.74, 6) is -5.66. The molecule has 0 aromatic heterocycles. The lowest BCUT2D eigenvalue weighted by Gasteiger charge is -2.49. The zero-order valence-corrected chi connectivity index (χ0v) is 21.3. The minimum Gasteiger partial charge on any atom is -0.370 e. The summed E-state index contributed by atoms with van der Waals surface area (Å²) in [5.41, 5.74) is 6.03. The normalized spacial score (nSPS) is 28.7. The van der Waals surface area contributed by atoms with Crippen LogP contribution in [0.2, 0.25) is 0 Å². The van der Waals surface area contributed by atoms with E-state index in [9.17, 15) is 50.9 Å². The van der Waals surface area contributed by atoms with Crippen molar-refractivity contribution in [2.24, 2.45) is 21.5 Å². The molecule has 0 aliphatic carbocycles. The van der Waals surface area contributed by atoms with Crippen LogP contribution in [-0.4, -0.2) is 92.3 Å². The second-order valence-corrected chi connectivity index (χ2v) is 10.4. The average Bonchev–Trinajstić information content (AvgIpc) is 3.45. The van der Waals surface area contributed by atoms with Crippen molar-refractivity contribution in [2.75, 3.05) is 13.1 Å². The number of carbonyl (C=O) groups excluding carboxylic acids is 3. The smallest absolute Gasteiger partial charge is 0.370 e. The first kappa shape index (κ1) is 29.4. The van der Waals surface area contributed by atoms with Gasteiger partial charge in [-0.05, 0) is 23.8 Å². The Balaban J connectivity index is 1.41. The highest BCUT2D eigenvalue weighted by Crippen LogP contribution is 2.45. The number of guanidine groups is 2. The number of halogens is 6. The Bertz CT molecular complexity index is 1360. The number of aliphatic imine (C=N–C) groups is 2. The van der Waals surface area contributed by atoms with Crippen LogP contribution in [-0.2, 0) is 33.2 Å². The summed E-state index contributed by atoms with van der Waals surface area (Å²) in [6.45, 7) is -0.771. The number of alkyl halides is 6. The number of rotatable bonds is 5. The molecule has 0 bridgehead atoms. The number of likely N-dealkylation sites (tertiary alicyclic amines) is 1. The van der Waals surface area contributed by atoms with Gasteiger partial charge in [-0.25, -0.2) is 9.98 Å². The molecule has 8 N–H and O–H groups in total. The van der Waals surface area contributed by atoms with Crippen LogP contribution in [0.25, 0.3) is 0 Å². The molecule has 1 aromatic carbocycles. The predicted octanol–water partition coefficient (Wildman–Crippen LogP) is -1.42. The molecule has 1 aromatic rings. The summed E-state index contributed by atoms with van der Waals surface area (Å²) >= 11 is 0. The highest BCUT2D eigenvalue weighted by molar-refractivity contribution is 6.02. The first-order chi connectivity index (χ1) is 19.3. The quantitative estimate of drug-likeness (QED) is 0.132. The van der Waals surface area contributed by atoms with Gasteiger partial charge in [-0.3, -0.25) is 19.3 Å². The summed E-state index contributed by atoms with van der Waals surface area (Å²) in [5, 5.41) is 27.7. The van der Waals surface area contributed by atoms with Gasteiger partial charge in [0.15, 0.2) is 17.6 Å². The molecule has 19 heteroatoms. The maximum absolute atomic E-state index is 13.2. The average molecular weight is 606 g/mol. The van der Waals surface area contributed by atoms with Gasteiger partial charge >= 0.3 is 12.4 Å². The molecule has 4 atom stereocenters. The van der Waals surface area contributed by atoms with Crippen LogP contribution in [0.3, 0.4) is 0 Å². The lowest BCUT2D eigenvalue weighted by molar-refractivity contribution is -0.232. The Morgan fingerprint density at radius 1 is 1.02 bits per heavy atom. The molecule has 42 heavy (non-hydrogen) atoms. The van der Waals surface area contributed by atoms with E-state index in [1.54, 1.807) is 0 Å². The van der Waals surface area contributed by atoms with Crippen molar-refractivity contribution in [2.45, 2.75) is 61.2 Å². The van der Waals surface area contributed by atoms with Crippen LogP contribution < -0.4 is 22.1 Å². The third kappa shape index (κ3) is 4.65. The fourth-order valence-electron chi connectivity index (χ4n) is 5.80. The van der Waals surface area contributed by atoms with Crippen LogP contribution in [0, 0.1) is 0 Å². The van der Waals surface area contributed by atoms with Gasteiger partial charge in [-0.15, -0.1) is 0 Å². The molecule has 2 fully saturated rings. The molecule has 0 saturated carbocycles. The first-order valence-electron chi connectivity index (χ1n) is 12.4. The molecule has 4 aliphatic heterocycles.